The van der Waals surface area contributed by atoms with Gasteiger partial charge < -0.3 is 9.80 Å². The van der Waals surface area contributed by atoms with E-state index in [1.165, 1.54) is 41.7 Å². The van der Waals surface area contributed by atoms with Gasteiger partial charge in [-0.1, -0.05) is 75.1 Å². The fraction of sp³-hybridized carbons (Fsp3) is 0.467. The average molecular weight is 582 g/mol. The van der Waals surface area contributed by atoms with Gasteiger partial charge in [-0.3, -0.25) is 19.1 Å². The zero-order valence-corrected chi connectivity index (χ0v) is 25.0. The van der Waals surface area contributed by atoms with Gasteiger partial charge in [-0.25, -0.2) is 4.39 Å². The van der Waals surface area contributed by atoms with Crippen LogP contribution in [0.4, 0.5) is 15.9 Å². The third-order valence-electron chi connectivity index (χ3n) is 7.62. The molecule has 0 saturated carbocycles. The summed E-state index contributed by atoms with van der Waals surface area (Å²) in [7, 11) is 1.66. The van der Waals surface area contributed by atoms with Crippen LogP contribution in [0, 0.1) is 24.1 Å². The van der Waals surface area contributed by atoms with Gasteiger partial charge in [-0.15, -0.1) is 0 Å². The van der Waals surface area contributed by atoms with Crippen molar-refractivity contribution in [2.45, 2.75) is 52.4 Å². The Balaban J connectivity index is 1.60. The Bertz CT molecular complexity index is 1410. The van der Waals surface area contributed by atoms with Crippen molar-refractivity contribution in [2.24, 2.45) is 7.05 Å². The monoisotopic (exact) mass is 581 g/mol. The third-order valence-corrected chi connectivity index (χ3v) is 9.00. The number of nitrogens with zero attached hydrogens (tertiary/aromatic N) is 5. The third kappa shape index (κ3) is 6.26. The smallest absolute Gasteiger partial charge is 0.270 e. The first-order valence-electron chi connectivity index (χ1n) is 13.9. The lowest BCUT2D eigenvalue weighted by atomic mass is 10.0. The highest BCUT2D eigenvalue weighted by molar-refractivity contribution is 8.26. The number of carbonyl (C=O) groups is 1. The van der Waals surface area contributed by atoms with Gasteiger partial charge >= 0.3 is 0 Å². The van der Waals surface area contributed by atoms with Crippen LogP contribution in [0.15, 0.2) is 34.0 Å². The second-order valence-corrected chi connectivity index (χ2v) is 11.9. The Morgan fingerprint density at radius 3 is 2.38 bits per heavy atom. The highest BCUT2D eigenvalue weighted by Gasteiger charge is 2.33. The molecule has 2 fully saturated rings. The quantitative estimate of drug-likeness (QED) is 0.206. The molecule has 1 aromatic heterocycles. The lowest BCUT2D eigenvalue weighted by Crippen LogP contribution is -2.48. The summed E-state index contributed by atoms with van der Waals surface area (Å²) < 4.78 is 16.4. The van der Waals surface area contributed by atoms with Gasteiger partial charge in [0.05, 0.1) is 10.6 Å². The van der Waals surface area contributed by atoms with Crippen LogP contribution in [0.2, 0.25) is 0 Å². The van der Waals surface area contributed by atoms with Crippen LogP contribution in [0.25, 0.3) is 6.08 Å². The van der Waals surface area contributed by atoms with E-state index in [4.69, 9.17) is 12.2 Å². The number of carbonyl (C=O) groups excluding carboxylic acids is 1. The molecule has 4 rings (SSSR count). The molecule has 10 heteroatoms. The molecule has 212 valence electrons. The summed E-state index contributed by atoms with van der Waals surface area (Å²) in [4.78, 5) is 32.7. The minimum atomic E-state index is -0.376. The van der Waals surface area contributed by atoms with Crippen LogP contribution in [0.3, 0.4) is 0 Å². The van der Waals surface area contributed by atoms with Crippen LogP contribution in [-0.2, 0) is 11.8 Å². The summed E-state index contributed by atoms with van der Waals surface area (Å²) in [5.41, 5.74) is 1.45. The van der Waals surface area contributed by atoms with Crippen molar-refractivity contribution >= 4 is 51.8 Å². The summed E-state index contributed by atoms with van der Waals surface area (Å²) >= 11 is 6.83. The van der Waals surface area contributed by atoms with Gasteiger partial charge in [-0.2, -0.15) is 5.26 Å². The van der Waals surface area contributed by atoms with Crippen molar-refractivity contribution in [3.63, 3.8) is 0 Å². The van der Waals surface area contributed by atoms with Crippen molar-refractivity contribution < 1.29 is 9.18 Å². The van der Waals surface area contributed by atoms with Crippen molar-refractivity contribution in [1.29, 1.82) is 5.26 Å². The van der Waals surface area contributed by atoms with E-state index in [9.17, 15) is 19.2 Å². The number of piperazine rings is 1. The molecule has 0 N–H and O–H groups in total. The molecular weight excluding hydrogens is 545 g/mol. The van der Waals surface area contributed by atoms with E-state index in [0.29, 0.717) is 64.6 Å². The molecule has 2 aliphatic heterocycles. The molecule has 3 heterocycles. The maximum absolute atomic E-state index is 14.4. The number of pyridine rings is 1. The molecule has 0 spiro atoms. The molecule has 0 radical (unpaired) electrons. The van der Waals surface area contributed by atoms with Crippen molar-refractivity contribution in [1.82, 2.24) is 9.47 Å². The second-order valence-electron chi connectivity index (χ2n) is 10.2. The minimum absolute atomic E-state index is 0.0602. The summed E-state index contributed by atoms with van der Waals surface area (Å²) in [5.74, 6) is 0.253. The number of para-hydroxylation sites is 1. The number of unbranched alkanes of at least 4 members (excludes halogenated alkanes) is 5. The summed E-state index contributed by atoms with van der Waals surface area (Å²) in [5, 5.41) is 9.77. The number of thiocarbonyl (C=S) groups is 1. The molecule has 0 bridgehead atoms. The maximum atomic E-state index is 14.4. The average Bonchev–Trinajstić information content (AvgIpc) is 3.22. The normalized spacial score (nSPS) is 16.8. The second kappa shape index (κ2) is 13.5. The van der Waals surface area contributed by atoms with Gasteiger partial charge in [0.2, 0.25) is 0 Å². The zero-order valence-electron chi connectivity index (χ0n) is 23.4. The van der Waals surface area contributed by atoms with E-state index in [-0.39, 0.29) is 22.8 Å². The predicted octanol–water partition coefficient (Wildman–Crippen LogP) is 5.59. The highest BCUT2D eigenvalue weighted by Crippen LogP contribution is 2.36. The molecule has 2 aliphatic rings. The summed E-state index contributed by atoms with van der Waals surface area (Å²) in [6, 6.07) is 8.77. The van der Waals surface area contributed by atoms with Gasteiger partial charge in [0.25, 0.3) is 11.5 Å². The van der Waals surface area contributed by atoms with E-state index in [1.807, 2.05) is 11.0 Å². The highest BCUT2D eigenvalue weighted by atomic mass is 32.2. The topological polar surface area (TPSA) is 72.6 Å². The largest absolute Gasteiger partial charge is 0.366 e. The Hall–Kier alpha value is -3.16. The number of hydrogen-bond acceptors (Lipinski definition) is 7. The number of benzene rings is 1. The first-order valence-corrected chi connectivity index (χ1v) is 15.1. The lowest BCUT2D eigenvalue weighted by molar-refractivity contribution is -0.122. The van der Waals surface area contributed by atoms with Crippen LogP contribution in [0.5, 0.6) is 0 Å². The molecule has 0 unspecified atom stereocenters. The van der Waals surface area contributed by atoms with Gasteiger partial charge in [-0.05, 0) is 37.1 Å². The van der Waals surface area contributed by atoms with Crippen molar-refractivity contribution in [3.05, 3.63) is 62.0 Å². The molecule has 0 aliphatic carbocycles. The Morgan fingerprint density at radius 2 is 1.70 bits per heavy atom. The Kier molecular flexibility index (Phi) is 10.0. The first-order chi connectivity index (χ1) is 19.3. The molecule has 2 saturated heterocycles. The van der Waals surface area contributed by atoms with Crippen LogP contribution < -0.4 is 15.4 Å². The number of anilines is 2. The number of thioether (sulfide) groups is 1. The van der Waals surface area contributed by atoms with Crippen LogP contribution in [-0.4, -0.2) is 52.4 Å². The minimum Gasteiger partial charge on any atom is -0.366 e. The van der Waals surface area contributed by atoms with Gasteiger partial charge in [0, 0.05) is 45.3 Å². The molecule has 40 heavy (non-hydrogen) atoms. The fourth-order valence-electron chi connectivity index (χ4n) is 5.34. The molecule has 2 aromatic rings. The number of aromatic nitrogens is 1. The fourth-order valence-corrected chi connectivity index (χ4v) is 6.63. The SMILES string of the molecule is CCCCCCCCN1C(=O)/C(=C\c2c(C)c(C#N)c(=O)n(C)c2N2CCN(c3ccccc3F)CC2)SC1=S. The van der Waals surface area contributed by atoms with E-state index in [0.717, 1.165) is 19.3 Å². The standard InChI is InChI=1S/C30H36FN5O2S2/c1-4-5-6-7-8-11-14-36-29(38)26(40-30(36)39)19-22-21(2)23(20-32)28(37)33(3)27(22)35-17-15-34(16-18-35)25-13-10-9-12-24(25)31/h9-10,12-13,19H,4-8,11,14-18H2,1-3H3/b26-19+. The molecule has 1 aromatic carbocycles. The number of hydrogen-bond donors (Lipinski definition) is 0. The van der Waals surface area contributed by atoms with Crippen LogP contribution >= 0.6 is 24.0 Å². The molecular formula is C30H36FN5O2S2. The Morgan fingerprint density at radius 1 is 1.05 bits per heavy atom. The number of halogens is 1. The van der Waals surface area contributed by atoms with E-state index in [1.54, 1.807) is 37.1 Å². The van der Waals surface area contributed by atoms with Crippen molar-refractivity contribution in [2.75, 3.05) is 42.5 Å². The van der Waals surface area contributed by atoms with E-state index >= 15 is 0 Å². The number of nitriles is 1. The summed E-state index contributed by atoms with van der Waals surface area (Å²) in [6.45, 7) is 6.76. The van der Waals surface area contributed by atoms with Gasteiger partial charge in [0.1, 0.15) is 27.6 Å². The number of amides is 1. The zero-order chi connectivity index (χ0) is 28.8. The molecule has 0 atom stereocenters. The van der Waals surface area contributed by atoms with E-state index in [2.05, 4.69) is 17.9 Å². The predicted molar refractivity (Wildman–Crippen MR) is 165 cm³/mol. The number of rotatable bonds is 10. The molecule has 1 amide bonds. The van der Waals surface area contributed by atoms with Crippen molar-refractivity contribution in [3.8, 4) is 6.07 Å². The van der Waals surface area contributed by atoms with Crippen LogP contribution in [0.1, 0.15) is 62.1 Å². The molecule has 7 nitrogen and oxygen atoms in total. The van der Waals surface area contributed by atoms with Gasteiger partial charge in [0.15, 0.2) is 0 Å². The van der Waals surface area contributed by atoms with E-state index < -0.39 is 0 Å². The lowest BCUT2D eigenvalue weighted by Gasteiger charge is -2.38. The first kappa shape index (κ1) is 29.8. The summed E-state index contributed by atoms with van der Waals surface area (Å²) in [6.07, 6.45) is 8.53. The maximum Gasteiger partial charge on any atom is 0.270 e. The Labute approximate surface area is 245 Å².